The van der Waals surface area contributed by atoms with Crippen molar-refractivity contribution >= 4 is 5.69 Å². The first-order valence-corrected chi connectivity index (χ1v) is 5.89. The smallest absolute Gasteiger partial charge is 0.0342 e. The molecule has 0 aliphatic carbocycles. The van der Waals surface area contributed by atoms with Gasteiger partial charge in [-0.1, -0.05) is 25.5 Å². The molecule has 0 radical (unpaired) electrons. The first-order valence-electron chi connectivity index (χ1n) is 5.89. The van der Waals surface area contributed by atoms with Gasteiger partial charge in [-0.3, -0.25) is 0 Å². The third kappa shape index (κ3) is 4.84. The predicted molar refractivity (Wildman–Crippen MR) is 67.2 cm³/mol. The molecule has 1 rings (SSSR count). The molecule has 0 heterocycles. The Kier molecular flexibility index (Phi) is 5.86. The van der Waals surface area contributed by atoms with Crippen LogP contribution in [0.4, 0.5) is 5.69 Å². The van der Waals surface area contributed by atoms with E-state index in [1.807, 2.05) is 0 Å². The maximum absolute atomic E-state index is 5.44. The predicted octanol–water partition coefficient (Wildman–Crippen LogP) is 2.79. The number of hydrogen-bond acceptors (Lipinski definition) is 2. The normalized spacial score (nSPS) is 10.3. The highest BCUT2D eigenvalue weighted by Crippen LogP contribution is 2.11. The molecule has 0 spiro atoms. The van der Waals surface area contributed by atoms with Gasteiger partial charge >= 0.3 is 0 Å². The minimum absolute atomic E-state index is 0.811. The standard InChI is InChI=1S/C13H22N2/c1-2-12-7-6-8-13(11-12)15-10-5-3-4-9-14/h6-8,11,15H,2-5,9-10,14H2,1H3. The molecule has 84 valence electrons. The highest BCUT2D eigenvalue weighted by molar-refractivity contribution is 5.45. The Hall–Kier alpha value is -1.02. The molecule has 0 amide bonds. The molecule has 2 nitrogen and oxygen atoms in total. The Morgan fingerprint density at radius 2 is 2.07 bits per heavy atom. The van der Waals surface area contributed by atoms with Crippen LogP contribution in [0.2, 0.25) is 0 Å². The fourth-order valence-electron chi connectivity index (χ4n) is 1.58. The molecule has 0 aliphatic heterocycles. The molecular weight excluding hydrogens is 184 g/mol. The molecule has 0 unspecified atom stereocenters. The second kappa shape index (κ2) is 7.30. The lowest BCUT2D eigenvalue weighted by Crippen LogP contribution is -2.04. The Labute approximate surface area is 92.9 Å². The quantitative estimate of drug-likeness (QED) is 0.673. The second-order valence-corrected chi connectivity index (χ2v) is 3.83. The number of nitrogens with two attached hydrogens (primary N) is 1. The van der Waals surface area contributed by atoms with Gasteiger partial charge in [0.2, 0.25) is 0 Å². The van der Waals surface area contributed by atoms with Crippen LogP contribution in [0.3, 0.4) is 0 Å². The van der Waals surface area contributed by atoms with Crippen LogP contribution in [0.15, 0.2) is 24.3 Å². The lowest BCUT2D eigenvalue weighted by Gasteiger charge is -2.07. The van der Waals surface area contributed by atoms with E-state index in [9.17, 15) is 0 Å². The fourth-order valence-corrected chi connectivity index (χ4v) is 1.58. The maximum Gasteiger partial charge on any atom is 0.0342 e. The van der Waals surface area contributed by atoms with Crippen LogP contribution < -0.4 is 11.1 Å². The van der Waals surface area contributed by atoms with Crippen molar-refractivity contribution < 1.29 is 0 Å². The van der Waals surface area contributed by atoms with Gasteiger partial charge in [-0.15, -0.1) is 0 Å². The molecular formula is C13H22N2. The van der Waals surface area contributed by atoms with Gasteiger partial charge in [0.15, 0.2) is 0 Å². The van der Waals surface area contributed by atoms with Crippen molar-refractivity contribution in [2.24, 2.45) is 5.73 Å². The number of nitrogens with one attached hydrogen (secondary N) is 1. The lowest BCUT2D eigenvalue weighted by atomic mass is 10.1. The molecule has 2 heteroatoms. The number of anilines is 1. The highest BCUT2D eigenvalue weighted by atomic mass is 14.9. The van der Waals surface area contributed by atoms with Gasteiger partial charge in [0.1, 0.15) is 0 Å². The maximum atomic E-state index is 5.44. The molecule has 0 saturated heterocycles. The van der Waals surface area contributed by atoms with E-state index in [4.69, 9.17) is 5.73 Å². The van der Waals surface area contributed by atoms with Crippen molar-refractivity contribution in [3.8, 4) is 0 Å². The Morgan fingerprint density at radius 1 is 1.20 bits per heavy atom. The van der Waals surface area contributed by atoms with Crippen molar-refractivity contribution in [3.63, 3.8) is 0 Å². The molecule has 3 N–H and O–H groups in total. The van der Waals surface area contributed by atoms with E-state index in [-0.39, 0.29) is 0 Å². The summed E-state index contributed by atoms with van der Waals surface area (Å²) in [5, 5.41) is 3.44. The topological polar surface area (TPSA) is 38.0 Å². The van der Waals surface area contributed by atoms with Crippen LogP contribution in [-0.2, 0) is 6.42 Å². The fraction of sp³-hybridized carbons (Fsp3) is 0.538. The second-order valence-electron chi connectivity index (χ2n) is 3.83. The SMILES string of the molecule is CCc1cccc(NCCCCCN)c1. The summed E-state index contributed by atoms with van der Waals surface area (Å²) in [4.78, 5) is 0. The first kappa shape index (κ1) is 12.1. The Morgan fingerprint density at radius 3 is 2.80 bits per heavy atom. The summed E-state index contributed by atoms with van der Waals surface area (Å²) < 4.78 is 0. The number of rotatable bonds is 7. The van der Waals surface area contributed by atoms with Crippen LogP contribution in [0.1, 0.15) is 31.7 Å². The van der Waals surface area contributed by atoms with Crippen molar-refractivity contribution in [3.05, 3.63) is 29.8 Å². The third-order valence-electron chi connectivity index (χ3n) is 2.55. The molecule has 1 aromatic carbocycles. The minimum atomic E-state index is 0.811. The van der Waals surface area contributed by atoms with Gasteiger partial charge < -0.3 is 11.1 Å². The van der Waals surface area contributed by atoms with Gasteiger partial charge in [0, 0.05) is 12.2 Å². The van der Waals surface area contributed by atoms with Crippen molar-refractivity contribution in [1.82, 2.24) is 0 Å². The molecule has 1 aromatic rings. The number of hydrogen-bond donors (Lipinski definition) is 2. The van der Waals surface area contributed by atoms with E-state index in [0.29, 0.717) is 0 Å². The Bertz CT molecular complexity index is 271. The first-order chi connectivity index (χ1) is 7.36. The zero-order chi connectivity index (χ0) is 10.9. The van der Waals surface area contributed by atoms with E-state index in [1.54, 1.807) is 0 Å². The van der Waals surface area contributed by atoms with Crippen LogP contribution in [-0.4, -0.2) is 13.1 Å². The number of aryl methyl sites for hydroxylation is 1. The summed E-state index contributed by atoms with van der Waals surface area (Å²) in [6.07, 6.45) is 4.66. The lowest BCUT2D eigenvalue weighted by molar-refractivity contribution is 0.707. The van der Waals surface area contributed by atoms with Crippen LogP contribution in [0.25, 0.3) is 0 Å². The Balaban J connectivity index is 2.24. The summed E-state index contributed by atoms with van der Waals surface area (Å²) in [7, 11) is 0. The molecule has 0 aliphatic rings. The van der Waals surface area contributed by atoms with Crippen LogP contribution in [0.5, 0.6) is 0 Å². The van der Waals surface area contributed by atoms with Gasteiger partial charge in [-0.2, -0.15) is 0 Å². The van der Waals surface area contributed by atoms with Crippen LogP contribution >= 0.6 is 0 Å². The summed E-state index contributed by atoms with van der Waals surface area (Å²) in [6.45, 7) is 4.04. The van der Waals surface area contributed by atoms with Gasteiger partial charge in [0.25, 0.3) is 0 Å². The highest BCUT2D eigenvalue weighted by Gasteiger charge is 1.93. The van der Waals surface area contributed by atoms with Crippen molar-refractivity contribution in [2.75, 3.05) is 18.4 Å². The minimum Gasteiger partial charge on any atom is -0.385 e. The van der Waals surface area contributed by atoms with E-state index in [0.717, 1.165) is 25.9 Å². The molecule has 0 aromatic heterocycles. The molecule has 0 atom stereocenters. The van der Waals surface area contributed by atoms with Gasteiger partial charge in [-0.05, 0) is 43.5 Å². The third-order valence-corrected chi connectivity index (χ3v) is 2.55. The van der Waals surface area contributed by atoms with E-state index < -0.39 is 0 Å². The van der Waals surface area contributed by atoms with Gasteiger partial charge in [0.05, 0.1) is 0 Å². The van der Waals surface area contributed by atoms with Crippen molar-refractivity contribution in [2.45, 2.75) is 32.6 Å². The van der Waals surface area contributed by atoms with E-state index in [2.05, 4.69) is 36.5 Å². The molecule has 0 saturated carbocycles. The van der Waals surface area contributed by atoms with E-state index >= 15 is 0 Å². The summed E-state index contributed by atoms with van der Waals surface area (Å²) >= 11 is 0. The summed E-state index contributed by atoms with van der Waals surface area (Å²) in [5.74, 6) is 0. The molecule has 0 bridgehead atoms. The zero-order valence-electron chi connectivity index (χ0n) is 9.63. The molecule has 0 fully saturated rings. The summed E-state index contributed by atoms with van der Waals surface area (Å²) in [6, 6.07) is 8.63. The average Bonchev–Trinajstić information content (AvgIpc) is 2.29. The zero-order valence-corrected chi connectivity index (χ0v) is 9.63. The average molecular weight is 206 g/mol. The van der Waals surface area contributed by atoms with E-state index in [1.165, 1.54) is 24.1 Å². The summed E-state index contributed by atoms with van der Waals surface area (Å²) in [5.41, 5.74) is 8.07. The number of benzene rings is 1. The monoisotopic (exact) mass is 206 g/mol. The molecule has 15 heavy (non-hydrogen) atoms. The number of unbranched alkanes of at least 4 members (excludes halogenated alkanes) is 2. The van der Waals surface area contributed by atoms with Crippen molar-refractivity contribution in [1.29, 1.82) is 0 Å². The largest absolute Gasteiger partial charge is 0.385 e. The van der Waals surface area contributed by atoms with Crippen LogP contribution in [0, 0.1) is 0 Å². The van der Waals surface area contributed by atoms with Gasteiger partial charge in [-0.25, -0.2) is 0 Å².